The average Bonchev–Trinajstić information content (AvgIpc) is 3.47. The minimum Gasteiger partial charge on any atom is -0.385 e. The highest BCUT2D eigenvalue weighted by molar-refractivity contribution is 5.84. The first kappa shape index (κ1) is 22.5. The third-order valence-corrected chi connectivity index (χ3v) is 7.80. The van der Waals surface area contributed by atoms with Crippen molar-refractivity contribution in [1.82, 2.24) is 10.6 Å². The second-order valence-electron chi connectivity index (χ2n) is 9.55. The molecule has 2 atom stereocenters. The van der Waals surface area contributed by atoms with Crippen LogP contribution in [-0.4, -0.2) is 51.3 Å². The fraction of sp³-hybridized carbons (Fsp3) is 0.913. The van der Waals surface area contributed by atoms with E-state index in [9.17, 15) is 9.59 Å². The Balaban J connectivity index is 1.60. The van der Waals surface area contributed by atoms with Gasteiger partial charge in [0.15, 0.2) is 0 Å². The van der Waals surface area contributed by atoms with E-state index in [4.69, 9.17) is 9.47 Å². The molecule has 0 spiro atoms. The van der Waals surface area contributed by atoms with E-state index < -0.39 is 0 Å². The number of rotatable bonds is 10. The van der Waals surface area contributed by atoms with Gasteiger partial charge in [-0.05, 0) is 57.8 Å². The van der Waals surface area contributed by atoms with Crippen molar-refractivity contribution in [2.75, 3.05) is 27.4 Å². The number of carbonyl (C=O) groups excluding carboxylic acids is 2. The fourth-order valence-corrected chi connectivity index (χ4v) is 5.83. The molecule has 2 N–H and O–H groups in total. The van der Waals surface area contributed by atoms with Crippen LogP contribution >= 0.6 is 0 Å². The van der Waals surface area contributed by atoms with Crippen LogP contribution in [0.1, 0.15) is 83.5 Å². The molecule has 29 heavy (non-hydrogen) atoms. The van der Waals surface area contributed by atoms with E-state index in [0.717, 1.165) is 83.5 Å². The fourth-order valence-electron chi connectivity index (χ4n) is 5.83. The largest absolute Gasteiger partial charge is 0.385 e. The quantitative estimate of drug-likeness (QED) is 0.581. The summed E-state index contributed by atoms with van der Waals surface area (Å²) < 4.78 is 10.6. The minimum absolute atomic E-state index is 0.0485. The molecule has 2 unspecified atom stereocenters. The lowest BCUT2D eigenvalue weighted by Gasteiger charge is -2.33. The Bertz CT molecular complexity index is 505. The smallest absolute Gasteiger partial charge is 0.226 e. The Kier molecular flexibility index (Phi) is 7.97. The highest BCUT2D eigenvalue weighted by Gasteiger charge is 2.45. The minimum atomic E-state index is -0.279. The molecule has 2 amide bonds. The zero-order valence-electron chi connectivity index (χ0n) is 18.4. The van der Waals surface area contributed by atoms with Gasteiger partial charge >= 0.3 is 0 Å². The Labute approximate surface area is 175 Å². The van der Waals surface area contributed by atoms with Crippen molar-refractivity contribution in [3.05, 3.63) is 0 Å². The van der Waals surface area contributed by atoms with E-state index in [0.29, 0.717) is 13.2 Å². The van der Waals surface area contributed by atoms with E-state index in [1.54, 1.807) is 14.2 Å². The van der Waals surface area contributed by atoms with Gasteiger partial charge in [0.25, 0.3) is 0 Å². The first-order chi connectivity index (χ1) is 14.1. The van der Waals surface area contributed by atoms with Crippen molar-refractivity contribution in [1.29, 1.82) is 0 Å². The van der Waals surface area contributed by atoms with Crippen molar-refractivity contribution >= 4 is 11.8 Å². The molecule has 166 valence electrons. The van der Waals surface area contributed by atoms with Gasteiger partial charge in [0.2, 0.25) is 11.8 Å². The summed E-state index contributed by atoms with van der Waals surface area (Å²) in [5, 5.41) is 6.68. The van der Waals surface area contributed by atoms with Gasteiger partial charge in [0.1, 0.15) is 0 Å². The van der Waals surface area contributed by atoms with Gasteiger partial charge in [-0.25, -0.2) is 0 Å². The number of nitrogens with one attached hydrogen (secondary N) is 2. The predicted molar refractivity (Wildman–Crippen MR) is 113 cm³/mol. The molecule has 3 saturated carbocycles. The Morgan fingerprint density at radius 3 is 1.45 bits per heavy atom. The van der Waals surface area contributed by atoms with Crippen LogP contribution in [0.15, 0.2) is 0 Å². The number of hydrogen-bond donors (Lipinski definition) is 2. The van der Waals surface area contributed by atoms with Crippen LogP contribution < -0.4 is 10.6 Å². The molecule has 0 aromatic carbocycles. The average molecular weight is 409 g/mol. The van der Waals surface area contributed by atoms with Crippen LogP contribution in [0, 0.1) is 10.8 Å². The molecule has 3 aliphatic rings. The van der Waals surface area contributed by atoms with E-state index >= 15 is 0 Å². The van der Waals surface area contributed by atoms with Crippen molar-refractivity contribution in [3.63, 3.8) is 0 Å². The van der Waals surface area contributed by atoms with Crippen molar-refractivity contribution < 1.29 is 19.1 Å². The van der Waals surface area contributed by atoms with Gasteiger partial charge in [-0.15, -0.1) is 0 Å². The molecule has 6 heteroatoms. The molecule has 0 aliphatic heterocycles. The van der Waals surface area contributed by atoms with Gasteiger partial charge in [-0.3, -0.25) is 9.59 Å². The van der Waals surface area contributed by atoms with Crippen LogP contribution in [-0.2, 0) is 19.1 Å². The van der Waals surface area contributed by atoms with Gasteiger partial charge in [-0.1, -0.05) is 25.7 Å². The summed E-state index contributed by atoms with van der Waals surface area (Å²) in [6.07, 6.45) is 12.8. The second kappa shape index (κ2) is 10.3. The zero-order chi connectivity index (χ0) is 20.7. The molecule has 0 saturated heterocycles. The van der Waals surface area contributed by atoms with Crippen molar-refractivity contribution in [2.24, 2.45) is 10.8 Å². The lowest BCUT2D eigenvalue weighted by molar-refractivity contribution is -0.135. The monoisotopic (exact) mass is 408 g/mol. The number of carbonyl (C=O) groups is 2. The third-order valence-electron chi connectivity index (χ3n) is 7.80. The molecule has 0 aromatic rings. The van der Waals surface area contributed by atoms with Crippen molar-refractivity contribution in [2.45, 2.75) is 95.6 Å². The second-order valence-corrected chi connectivity index (χ2v) is 9.55. The number of hydrogen-bond acceptors (Lipinski definition) is 4. The summed E-state index contributed by atoms with van der Waals surface area (Å²) in [4.78, 5) is 26.5. The Morgan fingerprint density at radius 2 is 1.10 bits per heavy atom. The summed E-state index contributed by atoms with van der Waals surface area (Å²) in [6.45, 7) is 1.25. The van der Waals surface area contributed by atoms with Crippen molar-refractivity contribution in [3.8, 4) is 0 Å². The molecule has 0 bridgehead atoms. The summed E-state index contributed by atoms with van der Waals surface area (Å²) in [7, 11) is 3.40. The SMILES string of the molecule is COCCC1(C(=O)NC2CCCC2NC(=O)C2(CCOC)CCCC2)CCCC1. The molecule has 6 nitrogen and oxygen atoms in total. The zero-order valence-corrected chi connectivity index (χ0v) is 18.4. The van der Waals surface area contributed by atoms with Crippen LogP contribution in [0.5, 0.6) is 0 Å². The normalized spacial score (nSPS) is 27.8. The molecule has 0 aromatic heterocycles. The van der Waals surface area contributed by atoms with E-state index in [-0.39, 0.29) is 34.7 Å². The lowest BCUT2D eigenvalue weighted by atomic mass is 9.81. The topological polar surface area (TPSA) is 76.7 Å². The maximum Gasteiger partial charge on any atom is 0.226 e. The van der Waals surface area contributed by atoms with Gasteiger partial charge in [-0.2, -0.15) is 0 Å². The Morgan fingerprint density at radius 1 is 0.724 bits per heavy atom. The Hall–Kier alpha value is -1.14. The van der Waals surface area contributed by atoms with Gasteiger partial charge in [0, 0.05) is 39.5 Å². The molecule has 0 heterocycles. The number of ether oxygens (including phenoxy) is 2. The first-order valence-electron chi connectivity index (χ1n) is 11.7. The first-order valence-corrected chi connectivity index (χ1v) is 11.7. The maximum atomic E-state index is 13.2. The van der Waals surface area contributed by atoms with Gasteiger partial charge in [0.05, 0.1) is 10.8 Å². The molecular weight excluding hydrogens is 368 g/mol. The summed E-state index contributed by atoms with van der Waals surface area (Å²) in [5.74, 6) is 0.348. The maximum absolute atomic E-state index is 13.2. The third kappa shape index (κ3) is 5.13. The summed E-state index contributed by atoms with van der Waals surface area (Å²) >= 11 is 0. The van der Waals surface area contributed by atoms with E-state index in [1.165, 1.54) is 0 Å². The van der Waals surface area contributed by atoms with Crippen LogP contribution in [0.25, 0.3) is 0 Å². The molecule has 3 fully saturated rings. The predicted octanol–water partition coefficient (Wildman–Crippen LogP) is 3.33. The van der Waals surface area contributed by atoms with Crippen LogP contribution in [0.4, 0.5) is 0 Å². The van der Waals surface area contributed by atoms with Crippen LogP contribution in [0.2, 0.25) is 0 Å². The van der Waals surface area contributed by atoms with E-state index in [2.05, 4.69) is 10.6 Å². The lowest BCUT2D eigenvalue weighted by Crippen LogP contribution is -2.54. The standard InChI is InChI=1S/C23H40N2O4/c1-28-16-14-22(10-3-4-11-22)20(26)24-18-8-7-9-19(18)25-21(27)23(15-17-29-2)12-5-6-13-23/h18-19H,3-17H2,1-2H3,(H,24,26)(H,25,27). The number of amides is 2. The summed E-state index contributed by atoms with van der Waals surface area (Å²) in [6, 6.07) is 0.0969. The van der Waals surface area contributed by atoms with Crippen LogP contribution in [0.3, 0.4) is 0 Å². The molecular formula is C23H40N2O4. The molecule has 3 rings (SSSR count). The highest BCUT2D eigenvalue weighted by Crippen LogP contribution is 2.43. The van der Waals surface area contributed by atoms with Gasteiger partial charge < -0.3 is 20.1 Å². The summed E-state index contributed by atoms with van der Waals surface area (Å²) in [5.41, 5.74) is -0.559. The number of methoxy groups -OCH3 is 2. The van der Waals surface area contributed by atoms with E-state index in [1.807, 2.05) is 0 Å². The molecule has 0 radical (unpaired) electrons. The molecule has 3 aliphatic carbocycles. The highest BCUT2D eigenvalue weighted by atomic mass is 16.5.